The molecule has 3 N–H and O–H groups in total. The Labute approximate surface area is 122 Å². The molecule has 2 aromatic carbocycles. The van der Waals surface area contributed by atoms with E-state index >= 15 is 0 Å². The van der Waals surface area contributed by atoms with Gasteiger partial charge in [-0.1, -0.05) is 17.7 Å². The number of rotatable bonds is 2. The molecular formula is C13H9BrClFN2O. The summed E-state index contributed by atoms with van der Waals surface area (Å²) in [5.41, 5.74) is 6.44. The second-order valence-corrected chi connectivity index (χ2v) is 5.05. The molecule has 0 heterocycles. The smallest absolute Gasteiger partial charge is 0.260 e. The van der Waals surface area contributed by atoms with Crippen molar-refractivity contribution in [1.82, 2.24) is 0 Å². The second-order valence-electron chi connectivity index (χ2n) is 3.79. The Morgan fingerprint density at radius 2 is 2.05 bits per heavy atom. The van der Waals surface area contributed by atoms with Crippen LogP contribution in [-0.2, 0) is 0 Å². The Morgan fingerprint density at radius 1 is 1.32 bits per heavy atom. The molecule has 0 aromatic heterocycles. The molecule has 0 saturated heterocycles. The first-order valence-corrected chi connectivity index (χ1v) is 6.46. The number of amides is 1. The van der Waals surface area contributed by atoms with Crippen molar-refractivity contribution in [2.75, 3.05) is 11.1 Å². The molecule has 0 aliphatic carbocycles. The minimum atomic E-state index is -0.670. The van der Waals surface area contributed by atoms with Crippen LogP contribution < -0.4 is 11.1 Å². The van der Waals surface area contributed by atoms with E-state index in [1.807, 2.05) is 0 Å². The summed E-state index contributed by atoms with van der Waals surface area (Å²) >= 11 is 9.09. The molecule has 0 spiro atoms. The van der Waals surface area contributed by atoms with Crippen LogP contribution in [0.1, 0.15) is 10.4 Å². The molecule has 0 fully saturated rings. The molecule has 0 atom stereocenters. The molecule has 1 amide bonds. The molecule has 2 aromatic rings. The topological polar surface area (TPSA) is 55.1 Å². The van der Waals surface area contributed by atoms with Gasteiger partial charge in [0.2, 0.25) is 0 Å². The number of anilines is 2. The summed E-state index contributed by atoms with van der Waals surface area (Å²) in [7, 11) is 0. The van der Waals surface area contributed by atoms with Crippen molar-refractivity contribution in [3.8, 4) is 0 Å². The van der Waals surface area contributed by atoms with Crippen molar-refractivity contribution in [2.24, 2.45) is 0 Å². The number of nitrogens with one attached hydrogen (secondary N) is 1. The zero-order valence-electron chi connectivity index (χ0n) is 9.58. The van der Waals surface area contributed by atoms with Gasteiger partial charge in [0.1, 0.15) is 5.82 Å². The summed E-state index contributed by atoms with van der Waals surface area (Å²) in [4.78, 5) is 12.0. The maximum Gasteiger partial charge on any atom is 0.260 e. The maximum absolute atomic E-state index is 13.6. The molecule has 3 nitrogen and oxygen atoms in total. The zero-order chi connectivity index (χ0) is 14.0. The monoisotopic (exact) mass is 342 g/mol. The van der Waals surface area contributed by atoms with Gasteiger partial charge in [-0.25, -0.2) is 4.39 Å². The van der Waals surface area contributed by atoms with Crippen LogP contribution in [0.4, 0.5) is 15.8 Å². The lowest BCUT2D eigenvalue weighted by Crippen LogP contribution is -2.14. The normalized spacial score (nSPS) is 10.3. The highest BCUT2D eigenvalue weighted by Gasteiger charge is 2.16. The van der Waals surface area contributed by atoms with Gasteiger partial charge in [-0.3, -0.25) is 4.79 Å². The van der Waals surface area contributed by atoms with E-state index in [-0.39, 0.29) is 10.6 Å². The van der Waals surface area contributed by atoms with Crippen molar-refractivity contribution < 1.29 is 9.18 Å². The van der Waals surface area contributed by atoms with Crippen LogP contribution in [0.25, 0.3) is 0 Å². The van der Waals surface area contributed by atoms with Crippen molar-refractivity contribution in [3.05, 3.63) is 57.3 Å². The Hall–Kier alpha value is -1.59. The van der Waals surface area contributed by atoms with Crippen molar-refractivity contribution in [2.45, 2.75) is 0 Å². The lowest BCUT2D eigenvalue weighted by atomic mass is 10.2. The molecule has 2 rings (SSSR count). The van der Waals surface area contributed by atoms with E-state index < -0.39 is 11.7 Å². The highest BCUT2D eigenvalue weighted by Crippen LogP contribution is 2.26. The van der Waals surface area contributed by atoms with Crippen LogP contribution in [0, 0.1) is 5.82 Å². The van der Waals surface area contributed by atoms with Crippen LogP contribution in [0.2, 0.25) is 5.02 Å². The molecule has 19 heavy (non-hydrogen) atoms. The first-order valence-electron chi connectivity index (χ1n) is 5.29. The van der Waals surface area contributed by atoms with Gasteiger partial charge >= 0.3 is 0 Å². The van der Waals surface area contributed by atoms with Crippen LogP contribution in [-0.4, -0.2) is 5.91 Å². The fourth-order valence-electron chi connectivity index (χ4n) is 1.53. The van der Waals surface area contributed by atoms with E-state index in [4.69, 9.17) is 17.3 Å². The standard InChI is InChI=1S/C13H9BrClFN2O/c14-8-6-7(17)4-5-11(8)18-13(19)12-9(15)2-1-3-10(12)16/h1-6H,17H2,(H,18,19). The van der Waals surface area contributed by atoms with E-state index in [2.05, 4.69) is 21.2 Å². The minimum Gasteiger partial charge on any atom is -0.399 e. The third-order valence-electron chi connectivity index (χ3n) is 2.43. The predicted molar refractivity (Wildman–Crippen MR) is 77.9 cm³/mol. The lowest BCUT2D eigenvalue weighted by molar-refractivity contribution is 0.102. The molecule has 0 radical (unpaired) electrons. The minimum absolute atomic E-state index is 0.0593. The number of hydrogen-bond donors (Lipinski definition) is 2. The Balaban J connectivity index is 2.31. The first-order chi connectivity index (χ1) is 8.99. The van der Waals surface area contributed by atoms with Crippen LogP contribution in [0.5, 0.6) is 0 Å². The third-order valence-corrected chi connectivity index (χ3v) is 3.40. The maximum atomic E-state index is 13.6. The van der Waals surface area contributed by atoms with Gasteiger partial charge in [0.05, 0.1) is 16.3 Å². The van der Waals surface area contributed by atoms with Crippen molar-refractivity contribution in [3.63, 3.8) is 0 Å². The number of hydrogen-bond acceptors (Lipinski definition) is 2. The third kappa shape index (κ3) is 3.05. The molecule has 0 aliphatic rings. The van der Waals surface area contributed by atoms with Gasteiger partial charge in [-0.2, -0.15) is 0 Å². The highest BCUT2D eigenvalue weighted by molar-refractivity contribution is 9.10. The van der Waals surface area contributed by atoms with Crippen molar-refractivity contribution in [1.29, 1.82) is 0 Å². The van der Waals surface area contributed by atoms with Crippen LogP contribution in [0.3, 0.4) is 0 Å². The number of carbonyl (C=O) groups is 1. The number of nitrogens with two attached hydrogens (primary N) is 1. The fraction of sp³-hybridized carbons (Fsp3) is 0. The predicted octanol–water partition coefficient (Wildman–Crippen LogP) is 4.08. The Bertz CT molecular complexity index is 628. The molecule has 0 bridgehead atoms. The van der Waals surface area contributed by atoms with Crippen molar-refractivity contribution >= 4 is 44.8 Å². The lowest BCUT2D eigenvalue weighted by Gasteiger charge is -2.09. The van der Waals surface area contributed by atoms with Gasteiger partial charge in [0.15, 0.2) is 0 Å². The summed E-state index contributed by atoms with van der Waals surface area (Å²) in [5.74, 6) is -1.29. The number of nitrogen functional groups attached to an aromatic ring is 1. The SMILES string of the molecule is Nc1ccc(NC(=O)c2c(F)cccc2Cl)c(Br)c1. The fourth-order valence-corrected chi connectivity index (χ4v) is 2.28. The van der Waals surface area contributed by atoms with Gasteiger partial charge in [0.25, 0.3) is 5.91 Å². The average molecular weight is 344 g/mol. The van der Waals surface area contributed by atoms with Gasteiger partial charge in [-0.15, -0.1) is 0 Å². The second kappa shape index (κ2) is 5.59. The molecule has 0 aliphatic heterocycles. The summed E-state index contributed by atoms with van der Waals surface area (Å²) in [6, 6.07) is 8.96. The Kier molecular flexibility index (Phi) is 4.07. The number of benzene rings is 2. The van der Waals surface area contributed by atoms with Crippen LogP contribution in [0.15, 0.2) is 40.9 Å². The quantitative estimate of drug-likeness (QED) is 0.807. The molecule has 98 valence electrons. The van der Waals surface area contributed by atoms with E-state index in [0.29, 0.717) is 15.8 Å². The van der Waals surface area contributed by atoms with Gasteiger partial charge < -0.3 is 11.1 Å². The summed E-state index contributed by atoms with van der Waals surface area (Å²) in [6.07, 6.45) is 0. The van der Waals surface area contributed by atoms with E-state index in [1.54, 1.807) is 18.2 Å². The molecule has 6 heteroatoms. The van der Waals surface area contributed by atoms with Crippen LogP contribution >= 0.6 is 27.5 Å². The molecule has 0 saturated carbocycles. The van der Waals surface area contributed by atoms with Gasteiger partial charge in [-0.05, 0) is 46.3 Å². The first kappa shape index (κ1) is 13.8. The molecule has 0 unspecified atom stereocenters. The number of carbonyl (C=O) groups excluding carboxylic acids is 1. The summed E-state index contributed by atoms with van der Waals surface area (Å²) in [5, 5.41) is 2.63. The van der Waals surface area contributed by atoms with E-state index in [1.165, 1.54) is 18.2 Å². The largest absolute Gasteiger partial charge is 0.399 e. The van der Waals surface area contributed by atoms with E-state index in [0.717, 1.165) is 0 Å². The summed E-state index contributed by atoms with van der Waals surface area (Å²) < 4.78 is 14.2. The zero-order valence-corrected chi connectivity index (χ0v) is 11.9. The van der Waals surface area contributed by atoms with E-state index in [9.17, 15) is 9.18 Å². The highest BCUT2D eigenvalue weighted by atomic mass is 79.9. The summed E-state index contributed by atoms with van der Waals surface area (Å²) in [6.45, 7) is 0. The Morgan fingerprint density at radius 3 is 2.68 bits per heavy atom. The number of halogens is 3. The molecular weight excluding hydrogens is 335 g/mol. The van der Waals surface area contributed by atoms with Gasteiger partial charge in [0, 0.05) is 10.2 Å². The average Bonchev–Trinajstić information content (AvgIpc) is 2.32.